The van der Waals surface area contributed by atoms with Crippen LogP contribution in [0.1, 0.15) is 71.3 Å². The molecule has 1 fully saturated rings. The summed E-state index contributed by atoms with van der Waals surface area (Å²) in [5, 5.41) is 10.3. The van der Waals surface area contributed by atoms with Crippen LogP contribution in [0.25, 0.3) is 0 Å². The van der Waals surface area contributed by atoms with Crippen LogP contribution in [0, 0.1) is 11.8 Å². The molecule has 0 saturated heterocycles. The first kappa shape index (κ1) is 28.0. The smallest absolute Gasteiger partial charge is 0.416 e. The number of aliphatic hydroxyl groups is 1. The molecule has 1 N–H and O–H groups in total. The molecule has 1 aliphatic rings. The highest BCUT2D eigenvalue weighted by atomic mass is 19.4. The van der Waals surface area contributed by atoms with Crippen molar-refractivity contribution < 1.29 is 27.8 Å². The lowest BCUT2D eigenvalue weighted by Gasteiger charge is -2.17. The van der Waals surface area contributed by atoms with Crippen LogP contribution in [0.2, 0.25) is 0 Å². The molecule has 180 valence electrons. The molecule has 1 aromatic carbocycles. The third kappa shape index (κ3) is 10.5. The summed E-state index contributed by atoms with van der Waals surface area (Å²) in [6, 6.07) is 4.87. The van der Waals surface area contributed by atoms with Crippen molar-refractivity contribution in [3.05, 3.63) is 54.1 Å². The summed E-state index contributed by atoms with van der Waals surface area (Å²) in [5.41, 5.74) is -0.721. The quantitative estimate of drug-likeness (QED) is 0.285. The van der Waals surface area contributed by atoms with E-state index in [-0.39, 0.29) is 30.2 Å². The lowest BCUT2D eigenvalue weighted by molar-refractivity contribution is -0.137. The van der Waals surface area contributed by atoms with Gasteiger partial charge >= 0.3 is 6.18 Å². The second kappa shape index (κ2) is 14.9. The Morgan fingerprint density at radius 1 is 1.16 bits per heavy atom. The number of alkyl halides is 3. The number of hydrogen-bond acceptors (Lipinski definition) is 3. The van der Waals surface area contributed by atoms with Gasteiger partial charge in [-0.2, -0.15) is 13.2 Å². The van der Waals surface area contributed by atoms with Gasteiger partial charge in [0.2, 0.25) is 0 Å². The number of unbranched alkanes of at least 4 members (excludes halogenated alkanes) is 1. The molecule has 0 radical (unpaired) electrons. The Morgan fingerprint density at radius 3 is 2.59 bits per heavy atom. The number of carbonyl (C=O) groups excluding carboxylic acids is 1. The molecule has 3 nitrogen and oxygen atoms in total. The second-order valence-electron chi connectivity index (χ2n) is 7.87. The summed E-state index contributed by atoms with van der Waals surface area (Å²) in [5.74, 6) is 0.876. The van der Waals surface area contributed by atoms with E-state index >= 15 is 0 Å². The van der Waals surface area contributed by atoms with E-state index in [1.807, 2.05) is 26.0 Å². The van der Waals surface area contributed by atoms with E-state index in [1.54, 1.807) is 6.92 Å². The van der Waals surface area contributed by atoms with Crippen molar-refractivity contribution in [1.29, 1.82) is 0 Å². The van der Waals surface area contributed by atoms with Crippen LogP contribution in [0.15, 0.2) is 48.6 Å². The fourth-order valence-corrected chi connectivity index (χ4v) is 3.76. The standard InChI is InChI=1S/C24H31F3O3.C2H6/c1-18(28)9-4-2-3-5-10-19-14-15-23(29)22(19)13-6-7-16-30-21-12-8-11-20(17-21)24(25,26)27;1-2/h3,5-6,8,11-13,17,19,22-23,29H,2,4,7,9-10,14-16H2,1H3;1-2H3/b5-3-,13-6+;/t19-,22?,23+;/m0./s1. The maximum Gasteiger partial charge on any atom is 0.416 e. The molecule has 0 heterocycles. The van der Waals surface area contributed by atoms with Gasteiger partial charge in [0.15, 0.2) is 0 Å². The van der Waals surface area contributed by atoms with Crippen LogP contribution in [0.3, 0.4) is 0 Å². The molecule has 0 aromatic heterocycles. The summed E-state index contributed by atoms with van der Waals surface area (Å²) < 4.78 is 43.6. The van der Waals surface area contributed by atoms with Crippen molar-refractivity contribution >= 4 is 5.78 Å². The Labute approximate surface area is 190 Å². The Morgan fingerprint density at radius 2 is 1.91 bits per heavy atom. The molecule has 32 heavy (non-hydrogen) atoms. The first-order valence-electron chi connectivity index (χ1n) is 11.6. The van der Waals surface area contributed by atoms with Gasteiger partial charge in [-0.15, -0.1) is 0 Å². The van der Waals surface area contributed by atoms with Crippen LogP contribution in [-0.2, 0) is 11.0 Å². The third-order valence-corrected chi connectivity index (χ3v) is 5.40. The molecule has 0 aliphatic heterocycles. The van der Waals surface area contributed by atoms with Gasteiger partial charge in [0, 0.05) is 12.3 Å². The summed E-state index contributed by atoms with van der Waals surface area (Å²) in [6.07, 6.45) is 9.04. The number of hydrogen-bond donors (Lipinski definition) is 1. The second-order valence-corrected chi connectivity index (χ2v) is 7.87. The van der Waals surface area contributed by atoms with Gasteiger partial charge in [0.1, 0.15) is 11.5 Å². The molecular formula is C26H37F3O3. The van der Waals surface area contributed by atoms with Crippen molar-refractivity contribution in [2.24, 2.45) is 11.8 Å². The van der Waals surface area contributed by atoms with Crippen molar-refractivity contribution in [3.63, 3.8) is 0 Å². The van der Waals surface area contributed by atoms with Gasteiger partial charge in [-0.1, -0.05) is 44.2 Å². The average molecular weight is 455 g/mol. The fraction of sp³-hybridized carbons (Fsp3) is 0.577. The molecule has 1 aromatic rings. The number of rotatable bonds is 11. The van der Waals surface area contributed by atoms with E-state index in [0.29, 0.717) is 18.8 Å². The van der Waals surface area contributed by atoms with Crippen LogP contribution in [-0.4, -0.2) is 23.6 Å². The van der Waals surface area contributed by atoms with Crippen LogP contribution < -0.4 is 4.74 Å². The summed E-state index contributed by atoms with van der Waals surface area (Å²) in [4.78, 5) is 10.9. The average Bonchev–Trinajstić information content (AvgIpc) is 3.10. The van der Waals surface area contributed by atoms with Gasteiger partial charge in [-0.05, 0) is 69.6 Å². The summed E-state index contributed by atoms with van der Waals surface area (Å²) >= 11 is 0. The predicted molar refractivity (Wildman–Crippen MR) is 123 cm³/mol. The number of aliphatic hydroxyl groups excluding tert-OH is 1. The highest BCUT2D eigenvalue weighted by Crippen LogP contribution is 2.36. The van der Waals surface area contributed by atoms with E-state index in [0.717, 1.165) is 44.2 Å². The van der Waals surface area contributed by atoms with Gasteiger partial charge in [0.25, 0.3) is 0 Å². The van der Waals surface area contributed by atoms with Crippen molar-refractivity contribution in [2.45, 2.75) is 78.0 Å². The minimum absolute atomic E-state index is 0.0837. The van der Waals surface area contributed by atoms with Crippen LogP contribution in [0.4, 0.5) is 13.2 Å². The molecule has 1 saturated carbocycles. The van der Waals surface area contributed by atoms with Crippen LogP contribution in [0.5, 0.6) is 5.75 Å². The number of ketones is 1. The monoisotopic (exact) mass is 454 g/mol. The maximum atomic E-state index is 12.7. The zero-order valence-electron chi connectivity index (χ0n) is 19.4. The fourth-order valence-electron chi connectivity index (χ4n) is 3.76. The Balaban J connectivity index is 0.00000249. The maximum absolute atomic E-state index is 12.7. The van der Waals surface area contributed by atoms with Gasteiger partial charge < -0.3 is 14.6 Å². The Hall–Kier alpha value is -2.08. The van der Waals surface area contributed by atoms with E-state index in [9.17, 15) is 23.1 Å². The number of Topliss-reactive ketones (excluding diaryl/α,β-unsaturated/α-hetero) is 1. The van der Waals surface area contributed by atoms with E-state index < -0.39 is 11.7 Å². The lowest BCUT2D eigenvalue weighted by Crippen LogP contribution is -2.16. The van der Waals surface area contributed by atoms with Crippen LogP contribution >= 0.6 is 0 Å². The van der Waals surface area contributed by atoms with E-state index in [2.05, 4.69) is 12.2 Å². The highest BCUT2D eigenvalue weighted by Gasteiger charge is 2.32. The molecule has 2 rings (SSSR count). The lowest BCUT2D eigenvalue weighted by atomic mass is 9.91. The molecule has 0 bridgehead atoms. The molecule has 1 unspecified atom stereocenters. The molecule has 3 atom stereocenters. The largest absolute Gasteiger partial charge is 0.493 e. The Kier molecular flexibility index (Phi) is 13.0. The summed E-state index contributed by atoms with van der Waals surface area (Å²) in [6.45, 7) is 5.88. The predicted octanol–water partition coefficient (Wildman–Crippen LogP) is 7.15. The van der Waals surface area contributed by atoms with Gasteiger partial charge in [0.05, 0.1) is 18.3 Å². The number of benzene rings is 1. The number of carbonyl (C=O) groups is 1. The molecule has 0 amide bonds. The number of halogens is 3. The number of allylic oxidation sites excluding steroid dienone is 2. The number of ether oxygens (including phenoxy) is 1. The van der Waals surface area contributed by atoms with E-state index in [4.69, 9.17) is 4.74 Å². The topological polar surface area (TPSA) is 46.5 Å². The van der Waals surface area contributed by atoms with E-state index in [1.165, 1.54) is 12.1 Å². The molecule has 0 spiro atoms. The minimum Gasteiger partial charge on any atom is -0.493 e. The Bertz CT molecular complexity index is 725. The minimum atomic E-state index is -4.38. The zero-order chi connectivity index (χ0) is 24.0. The first-order valence-corrected chi connectivity index (χ1v) is 11.6. The summed E-state index contributed by atoms with van der Waals surface area (Å²) in [7, 11) is 0. The highest BCUT2D eigenvalue weighted by molar-refractivity contribution is 5.75. The molecule has 6 heteroatoms. The van der Waals surface area contributed by atoms with Crippen molar-refractivity contribution in [3.8, 4) is 5.75 Å². The normalized spacial score (nSPS) is 21.0. The van der Waals surface area contributed by atoms with Crippen molar-refractivity contribution in [1.82, 2.24) is 0 Å². The van der Waals surface area contributed by atoms with Gasteiger partial charge in [-0.3, -0.25) is 0 Å². The van der Waals surface area contributed by atoms with Gasteiger partial charge in [-0.25, -0.2) is 0 Å². The third-order valence-electron chi connectivity index (χ3n) is 5.40. The zero-order valence-corrected chi connectivity index (χ0v) is 19.4. The molecular weight excluding hydrogens is 417 g/mol. The first-order chi connectivity index (χ1) is 15.3. The molecule has 1 aliphatic carbocycles. The van der Waals surface area contributed by atoms with Crippen molar-refractivity contribution in [2.75, 3.05) is 6.61 Å². The SMILES string of the molecule is CC.CC(=O)CCC/C=C\C[C@H]1CC[C@@H](O)C1/C=C/CCOc1cccc(C(F)(F)F)c1.